The molecule has 2 amide bonds. The molecule has 0 aromatic rings. The van der Waals surface area contributed by atoms with Crippen molar-refractivity contribution in [1.82, 2.24) is 10.2 Å². The molecule has 0 spiro atoms. The van der Waals surface area contributed by atoms with Crippen LogP contribution in [0.15, 0.2) is 0 Å². The van der Waals surface area contributed by atoms with E-state index in [4.69, 9.17) is 5.11 Å². The lowest BCUT2D eigenvalue weighted by molar-refractivity contribution is -0.137. The van der Waals surface area contributed by atoms with Crippen LogP contribution in [0.5, 0.6) is 0 Å². The van der Waals surface area contributed by atoms with Crippen LogP contribution in [0.4, 0.5) is 4.79 Å². The summed E-state index contributed by atoms with van der Waals surface area (Å²) in [6.07, 6.45) is 4.59. The van der Waals surface area contributed by atoms with Crippen molar-refractivity contribution < 1.29 is 14.7 Å². The normalized spacial score (nSPS) is 23.2. The van der Waals surface area contributed by atoms with Crippen LogP contribution in [0.3, 0.4) is 0 Å². The summed E-state index contributed by atoms with van der Waals surface area (Å²) in [6, 6.07) is 0.0762. The van der Waals surface area contributed by atoms with Gasteiger partial charge in [0.2, 0.25) is 0 Å². The number of hydrogen-bond acceptors (Lipinski definition) is 2. The number of carbonyl (C=O) groups is 2. The van der Waals surface area contributed by atoms with Crippen LogP contribution in [0.25, 0.3) is 0 Å². The number of amides is 2. The number of carbonyl (C=O) groups excluding carboxylic acids is 1. The highest BCUT2D eigenvalue weighted by Crippen LogP contribution is 2.30. The van der Waals surface area contributed by atoms with Crippen molar-refractivity contribution in [3.05, 3.63) is 0 Å². The molecule has 0 bridgehead atoms. The van der Waals surface area contributed by atoms with Gasteiger partial charge in [-0.1, -0.05) is 26.7 Å². The Morgan fingerprint density at radius 3 is 2.53 bits per heavy atom. The van der Waals surface area contributed by atoms with Gasteiger partial charge in [0, 0.05) is 19.6 Å². The van der Waals surface area contributed by atoms with Crippen molar-refractivity contribution in [2.24, 2.45) is 11.8 Å². The Hall–Kier alpha value is -1.26. The Labute approximate surface area is 115 Å². The summed E-state index contributed by atoms with van der Waals surface area (Å²) < 4.78 is 0. The minimum absolute atomic E-state index is 0.0117. The van der Waals surface area contributed by atoms with Gasteiger partial charge in [-0.15, -0.1) is 0 Å². The van der Waals surface area contributed by atoms with Crippen LogP contribution in [0.1, 0.15) is 46.0 Å². The molecule has 2 unspecified atom stereocenters. The van der Waals surface area contributed by atoms with E-state index in [1.165, 1.54) is 17.7 Å². The molecule has 1 fully saturated rings. The first-order chi connectivity index (χ1) is 8.91. The van der Waals surface area contributed by atoms with Crippen LogP contribution in [-0.2, 0) is 4.79 Å². The average molecular weight is 270 g/mol. The van der Waals surface area contributed by atoms with Crippen LogP contribution >= 0.6 is 0 Å². The van der Waals surface area contributed by atoms with E-state index in [0.717, 1.165) is 12.8 Å². The van der Waals surface area contributed by atoms with Crippen molar-refractivity contribution >= 4 is 12.0 Å². The molecule has 0 aromatic carbocycles. The number of hydrogen-bond donors (Lipinski definition) is 2. The number of aliphatic carboxylic acids is 1. The van der Waals surface area contributed by atoms with Gasteiger partial charge in [0.25, 0.3) is 0 Å². The Bertz CT molecular complexity index is 318. The van der Waals surface area contributed by atoms with Crippen LogP contribution in [0, 0.1) is 11.8 Å². The fraction of sp³-hybridized carbons (Fsp3) is 0.857. The maximum atomic E-state index is 12.0. The molecule has 1 aliphatic rings. The molecule has 1 rings (SSSR count). The molecule has 5 nitrogen and oxygen atoms in total. The van der Waals surface area contributed by atoms with Gasteiger partial charge in [0.1, 0.15) is 0 Å². The Morgan fingerprint density at radius 2 is 1.95 bits per heavy atom. The number of nitrogens with one attached hydrogen (secondary N) is 1. The largest absolute Gasteiger partial charge is 0.481 e. The lowest BCUT2D eigenvalue weighted by Gasteiger charge is -2.35. The summed E-state index contributed by atoms with van der Waals surface area (Å²) in [5, 5.41) is 11.7. The topological polar surface area (TPSA) is 69.6 Å². The predicted molar refractivity (Wildman–Crippen MR) is 74.0 cm³/mol. The van der Waals surface area contributed by atoms with Gasteiger partial charge in [0.15, 0.2) is 0 Å². The highest BCUT2D eigenvalue weighted by molar-refractivity contribution is 5.75. The highest BCUT2D eigenvalue weighted by Gasteiger charge is 2.29. The zero-order valence-electron chi connectivity index (χ0n) is 12.2. The summed E-state index contributed by atoms with van der Waals surface area (Å²) in [5.74, 6) is 0.220. The maximum Gasteiger partial charge on any atom is 0.317 e. The Morgan fingerprint density at radius 1 is 1.32 bits per heavy atom. The van der Waals surface area contributed by atoms with Crippen molar-refractivity contribution in [3.8, 4) is 0 Å². The lowest BCUT2D eigenvalue weighted by Crippen LogP contribution is -2.48. The molecule has 0 radical (unpaired) electrons. The van der Waals surface area contributed by atoms with Gasteiger partial charge in [-0.3, -0.25) is 4.79 Å². The van der Waals surface area contributed by atoms with E-state index < -0.39 is 5.97 Å². The number of rotatable bonds is 5. The molecule has 0 saturated heterocycles. The van der Waals surface area contributed by atoms with Crippen LogP contribution in [-0.4, -0.2) is 41.6 Å². The summed E-state index contributed by atoms with van der Waals surface area (Å²) in [6.45, 7) is 4.65. The molecule has 2 atom stereocenters. The van der Waals surface area contributed by atoms with Crippen molar-refractivity contribution in [1.29, 1.82) is 0 Å². The Kier molecular flexibility index (Phi) is 6.12. The van der Waals surface area contributed by atoms with Crippen LogP contribution < -0.4 is 5.32 Å². The third kappa shape index (κ3) is 5.09. The quantitative estimate of drug-likeness (QED) is 0.805. The predicted octanol–water partition coefficient (Wildman–Crippen LogP) is 2.32. The average Bonchev–Trinajstić information content (AvgIpc) is 2.36. The fourth-order valence-corrected chi connectivity index (χ4v) is 2.77. The van der Waals surface area contributed by atoms with Gasteiger partial charge < -0.3 is 15.3 Å². The minimum Gasteiger partial charge on any atom is -0.481 e. The zero-order chi connectivity index (χ0) is 14.4. The van der Waals surface area contributed by atoms with E-state index in [9.17, 15) is 9.59 Å². The van der Waals surface area contributed by atoms with Gasteiger partial charge in [0.05, 0.1) is 6.42 Å². The highest BCUT2D eigenvalue weighted by atomic mass is 16.4. The first-order valence-electron chi connectivity index (χ1n) is 7.15. The lowest BCUT2D eigenvalue weighted by atomic mass is 9.78. The maximum absolute atomic E-state index is 12.0. The molecule has 1 aliphatic carbocycles. The van der Waals surface area contributed by atoms with E-state index >= 15 is 0 Å². The van der Waals surface area contributed by atoms with E-state index in [0.29, 0.717) is 11.8 Å². The third-order valence-corrected chi connectivity index (χ3v) is 3.99. The standard InChI is InChI=1S/C14H26N2O3/c1-10(2)11-6-4-5-7-12(11)15-14(19)16(3)9-8-13(17)18/h10-12H,4-9H2,1-3H3,(H,15,19)(H,17,18). The van der Waals surface area contributed by atoms with E-state index in [-0.39, 0.29) is 25.0 Å². The fourth-order valence-electron chi connectivity index (χ4n) is 2.77. The summed E-state index contributed by atoms with van der Waals surface area (Å²) in [7, 11) is 1.64. The number of nitrogens with zero attached hydrogens (tertiary/aromatic N) is 1. The van der Waals surface area contributed by atoms with Crippen LogP contribution in [0.2, 0.25) is 0 Å². The van der Waals surface area contributed by atoms with E-state index in [1.54, 1.807) is 7.05 Å². The molecular formula is C14H26N2O3. The molecule has 5 heteroatoms. The van der Waals surface area contributed by atoms with Gasteiger partial charge >= 0.3 is 12.0 Å². The van der Waals surface area contributed by atoms with Gasteiger partial charge in [-0.05, 0) is 24.7 Å². The van der Waals surface area contributed by atoms with Crippen molar-refractivity contribution in [2.45, 2.75) is 52.0 Å². The number of carboxylic acid groups (broad SMARTS) is 1. The second kappa shape index (κ2) is 7.36. The summed E-state index contributed by atoms with van der Waals surface area (Å²) in [5.41, 5.74) is 0. The van der Waals surface area contributed by atoms with E-state index in [1.807, 2.05) is 0 Å². The van der Waals surface area contributed by atoms with Crippen molar-refractivity contribution in [2.75, 3.05) is 13.6 Å². The SMILES string of the molecule is CC(C)C1CCCCC1NC(=O)N(C)CCC(=O)O. The second-order valence-corrected chi connectivity index (χ2v) is 5.81. The molecule has 0 aliphatic heterocycles. The molecule has 0 heterocycles. The molecule has 2 N–H and O–H groups in total. The molecule has 110 valence electrons. The zero-order valence-corrected chi connectivity index (χ0v) is 12.2. The third-order valence-electron chi connectivity index (χ3n) is 3.99. The summed E-state index contributed by atoms with van der Waals surface area (Å²) >= 11 is 0. The molecular weight excluding hydrogens is 244 g/mol. The van der Waals surface area contributed by atoms with E-state index in [2.05, 4.69) is 19.2 Å². The first kappa shape index (κ1) is 15.8. The molecule has 19 heavy (non-hydrogen) atoms. The summed E-state index contributed by atoms with van der Waals surface area (Å²) in [4.78, 5) is 24.0. The van der Waals surface area contributed by atoms with Crippen molar-refractivity contribution in [3.63, 3.8) is 0 Å². The number of carboxylic acids is 1. The van der Waals surface area contributed by atoms with Gasteiger partial charge in [-0.2, -0.15) is 0 Å². The Balaban J connectivity index is 2.47. The monoisotopic (exact) mass is 270 g/mol. The minimum atomic E-state index is -0.877. The second-order valence-electron chi connectivity index (χ2n) is 5.81. The number of urea groups is 1. The smallest absolute Gasteiger partial charge is 0.317 e. The van der Waals surface area contributed by atoms with Gasteiger partial charge in [-0.25, -0.2) is 4.79 Å². The molecule has 1 saturated carbocycles. The molecule has 0 aromatic heterocycles. The first-order valence-corrected chi connectivity index (χ1v) is 7.15.